The van der Waals surface area contributed by atoms with Crippen LogP contribution in [-0.4, -0.2) is 15.0 Å². The average Bonchev–Trinajstić information content (AvgIpc) is 3.23. The number of aromatic nitrogens is 3. The van der Waals surface area contributed by atoms with E-state index in [9.17, 15) is 0 Å². The number of para-hydroxylation sites is 1. The quantitative estimate of drug-likeness (QED) is 0.240. The van der Waals surface area contributed by atoms with Crippen molar-refractivity contribution < 1.29 is 4.42 Å². The topological polar surface area (TPSA) is 51.8 Å². The van der Waals surface area contributed by atoms with E-state index in [1.165, 1.54) is 0 Å². The largest absolute Gasteiger partial charge is 0.456 e. The number of hydrogen-bond donors (Lipinski definition) is 0. The maximum atomic E-state index is 6.51. The van der Waals surface area contributed by atoms with Crippen molar-refractivity contribution in [2.24, 2.45) is 0 Å². The average molecular weight is 513 g/mol. The van der Waals surface area contributed by atoms with Gasteiger partial charge in [0, 0.05) is 31.9 Å². The minimum Gasteiger partial charge on any atom is -0.456 e. The lowest BCUT2D eigenvalue weighted by molar-refractivity contribution is 0.669. The molecule has 0 aliphatic heterocycles. The van der Waals surface area contributed by atoms with Crippen LogP contribution >= 0.6 is 27.5 Å². The Morgan fingerprint density at radius 1 is 0.606 bits per heavy atom. The molecule has 6 rings (SSSR count). The smallest absolute Gasteiger partial charge is 0.165 e. The maximum Gasteiger partial charge on any atom is 0.165 e. The SMILES string of the molecule is Clc1ccc(Br)cc1-c1nc(-c2ccccc2)nc(-c2ccc3c(c2)oc2ccccc23)n1. The van der Waals surface area contributed by atoms with E-state index < -0.39 is 0 Å². The van der Waals surface area contributed by atoms with Crippen LogP contribution in [0.5, 0.6) is 0 Å². The van der Waals surface area contributed by atoms with Crippen molar-refractivity contribution in [3.05, 3.63) is 100 Å². The molecule has 2 heterocycles. The molecule has 0 saturated heterocycles. The Morgan fingerprint density at radius 3 is 2.15 bits per heavy atom. The molecule has 0 bridgehead atoms. The molecule has 0 aliphatic rings. The molecule has 4 nitrogen and oxygen atoms in total. The summed E-state index contributed by atoms with van der Waals surface area (Å²) < 4.78 is 6.98. The fourth-order valence-corrected chi connectivity index (χ4v) is 4.44. The first-order valence-corrected chi connectivity index (χ1v) is 11.5. The number of benzene rings is 4. The van der Waals surface area contributed by atoms with Gasteiger partial charge in [0.1, 0.15) is 11.2 Å². The summed E-state index contributed by atoms with van der Waals surface area (Å²) in [6.07, 6.45) is 0. The van der Waals surface area contributed by atoms with Crippen molar-refractivity contribution in [1.82, 2.24) is 15.0 Å². The van der Waals surface area contributed by atoms with Gasteiger partial charge in [0.05, 0.1) is 5.02 Å². The van der Waals surface area contributed by atoms with Crippen LogP contribution in [0.25, 0.3) is 56.1 Å². The summed E-state index contributed by atoms with van der Waals surface area (Å²) in [4.78, 5) is 14.3. The molecule has 0 saturated carbocycles. The summed E-state index contributed by atoms with van der Waals surface area (Å²) in [6, 6.07) is 29.5. The zero-order valence-electron chi connectivity index (χ0n) is 17.2. The van der Waals surface area contributed by atoms with Gasteiger partial charge in [0.15, 0.2) is 17.5 Å². The van der Waals surface area contributed by atoms with Gasteiger partial charge >= 0.3 is 0 Å². The third-order valence-corrected chi connectivity index (χ3v) is 6.30. The molecule has 6 aromatic rings. The second kappa shape index (κ2) is 8.10. The molecule has 4 aromatic carbocycles. The summed E-state index contributed by atoms with van der Waals surface area (Å²) in [7, 11) is 0. The van der Waals surface area contributed by atoms with Crippen molar-refractivity contribution in [1.29, 1.82) is 0 Å². The van der Waals surface area contributed by atoms with Crippen LogP contribution in [-0.2, 0) is 0 Å². The third-order valence-electron chi connectivity index (χ3n) is 5.47. The molecular formula is C27H15BrClN3O. The normalized spacial score (nSPS) is 11.3. The van der Waals surface area contributed by atoms with Crippen LogP contribution in [0, 0.1) is 0 Å². The van der Waals surface area contributed by atoms with Gasteiger partial charge < -0.3 is 4.42 Å². The van der Waals surface area contributed by atoms with E-state index in [0.717, 1.165) is 43.1 Å². The zero-order chi connectivity index (χ0) is 22.4. The minimum absolute atomic E-state index is 0.509. The van der Waals surface area contributed by atoms with Gasteiger partial charge in [0.2, 0.25) is 0 Å². The number of furan rings is 1. The fraction of sp³-hybridized carbons (Fsp3) is 0. The second-order valence-corrected chi connectivity index (χ2v) is 8.93. The highest BCUT2D eigenvalue weighted by Gasteiger charge is 2.16. The third kappa shape index (κ3) is 3.69. The molecule has 0 spiro atoms. The van der Waals surface area contributed by atoms with Crippen LogP contribution in [0.15, 0.2) is 99.9 Å². The van der Waals surface area contributed by atoms with E-state index in [-0.39, 0.29) is 0 Å². The van der Waals surface area contributed by atoms with E-state index in [4.69, 9.17) is 31.0 Å². The molecule has 0 unspecified atom stereocenters. The van der Waals surface area contributed by atoms with Gasteiger partial charge in [-0.15, -0.1) is 0 Å². The number of fused-ring (bicyclic) bond motifs is 3. The molecule has 0 fully saturated rings. The minimum atomic E-state index is 0.509. The highest BCUT2D eigenvalue weighted by molar-refractivity contribution is 9.10. The lowest BCUT2D eigenvalue weighted by atomic mass is 10.1. The lowest BCUT2D eigenvalue weighted by Gasteiger charge is -2.09. The highest BCUT2D eigenvalue weighted by atomic mass is 79.9. The first-order chi connectivity index (χ1) is 16.2. The molecule has 2 aromatic heterocycles. The van der Waals surface area contributed by atoms with Gasteiger partial charge in [-0.05, 0) is 36.4 Å². The van der Waals surface area contributed by atoms with Crippen LogP contribution in [0.2, 0.25) is 5.02 Å². The first-order valence-electron chi connectivity index (χ1n) is 10.3. The maximum absolute atomic E-state index is 6.51. The molecule has 0 aliphatic carbocycles. The van der Waals surface area contributed by atoms with Gasteiger partial charge in [-0.2, -0.15) is 0 Å². The second-order valence-electron chi connectivity index (χ2n) is 7.61. The van der Waals surface area contributed by atoms with E-state index in [1.54, 1.807) is 0 Å². The van der Waals surface area contributed by atoms with E-state index in [0.29, 0.717) is 22.5 Å². The van der Waals surface area contributed by atoms with Crippen molar-refractivity contribution in [2.45, 2.75) is 0 Å². The van der Waals surface area contributed by atoms with E-state index >= 15 is 0 Å². The first kappa shape index (κ1) is 20.1. The van der Waals surface area contributed by atoms with Crippen molar-refractivity contribution in [2.75, 3.05) is 0 Å². The lowest BCUT2D eigenvalue weighted by Crippen LogP contribution is -2.00. The summed E-state index contributed by atoms with van der Waals surface area (Å²) >= 11 is 10.0. The molecule has 33 heavy (non-hydrogen) atoms. The van der Waals surface area contributed by atoms with Crippen molar-refractivity contribution in [3.8, 4) is 34.2 Å². The van der Waals surface area contributed by atoms with Crippen LogP contribution in [0.4, 0.5) is 0 Å². The highest BCUT2D eigenvalue weighted by Crippen LogP contribution is 2.34. The monoisotopic (exact) mass is 511 g/mol. The summed E-state index contributed by atoms with van der Waals surface area (Å²) in [5.41, 5.74) is 4.12. The molecule has 158 valence electrons. The Bertz CT molecular complexity index is 1650. The zero-order valence-corrected chi connectivity index (χ0v) is 19.5. The molecule has 0 radical (unpaired) electrons. The predicted octanol–water partition coefficient (Wildman–Crippen LogP) is 8.19. The van der Waals surface area contributed by atoms with Crippen LogP contribution in [0.3, 0.4) is 0 Å². The molecule has 6 heteroatoms. The Labute approximate surface area is 203 Å². The predicted molar refractivity (Wildman–Crippen MR) is 136 cm³/mol. The van der Waals surface area contributed by atoms with Gasteiger partial charge in [0.25, 0.3) is 0 Å². The Kier molecular flexibility index (Phi) is 4.93. The number of nitrogens with zero attached hydrogens (tertiary/aromatic N) is 3. The summed E-state index contributed by atoms with van der Waals surface area (Å²) in [5, 5.41) is 2.71. The number of halogens is 2. The van der Waals surface area contributed by atoms with Gasteiger partial charge in [-0.3, -0.25) is 0 Å². The van der Waals surface area contributed by atoms with Gasteiger partial charge in [-0.25, -0.2) is 15.0 Å². The Morgan fingerprint density at radius 2 is 1.30 bits per heavy atom. The van der Waals surface area contributed by atoms with Crippen molar-refractivity contribution in [3.63, 3.8) is 0 Å². The van der Waals surface area contributed by atoms with Crippen LogP contribution in [0.1, 0.15) is 0 Å². The Hall–Kier alpha value is -3.54. The molecule has 0 N–H and O–H groups in total. The fourth-order valence-electron chi connectivity index (χ4n) is 3.88. The number of rotatable bonds is 3. The summed E-state index contributed by atoms with van der Waals surface area (Å²) in [5.74, 6) is 1.64. The molecule has 0 amide bonds. The number of hydrogen-bond acceptors (Lipinski definition) is 4. The van der Waals surface area contributed by atoms with Crippen LogP contribution < -0.4 is 0 Å². The van der Waals surface area contributed by atoms with E-state index in [1.807, 2.05) is 84.9 Å². The van der Waals surface area contributed by atoms with E-state index in [2.05, 4.69) is 22.0 Å². The summed E-state index contributed by atoms with van der Waals surface area (Å²) in [6.45, 7) is 0. The molecule has 0 atom stereocenters. The standard InChI is InChI=1S/C27H15BrClN3O/c28-18-11-13-22(29)21(15-18)27-31-25(16-6-2-1-3-7-16)30-26(32-27)17-10-12-20-19-8-4-5-9-23(19)33-24(20)14-17/h1-15H. The van der Waals surface area contributed by atoms with Crippen molar-refractivity contribution >= 4 is 49.5 Å². The molecular weight excluding hydrogens is 498 g/mol. The van der Waals surface area contributed by atoms with Gasteiger partial charge in [-0.1, -0.05) is 82.1 Å². The Balaban J connectivity index is 1.58.